The van der Waals surface area contributed by atoms with E-state index in [2.05, 4.69) is 10.6 Å². The van der Waals surface area contributed by atoms with Crippen molar-refractivity contribution < 1.29 is 9.59 Å². The van der Waals surface area contributed by atoms with Crippen molar-refractivity contribution in [2.75, 3.05) is 31.2 Å². The average molecular weight is 311 g/mol. The molecule has 0 spiro atoms. The number of nitrogens with one attached hydrogen (secondary N) is 2. The molecule has 1 aromatic carbocycles. The minimum atomic E-state index is -0.239. The molecule has 1 heterocycles. The smallest absolute Gasteiger partial charge is 0.238 e. The summed E-state index contributed by atoms with van der Waals surface area (Å²) >= 11 is 6.01. The zero-order chi connectivity index (χ0) is 15.4. The van der Waals surface area contributed by atoms with E-state index >= 15 is 0 Å². The van der Waals surface area contributed by atoms with Crippen LogP contribution in [0.15, 0.2) is 18.2 Å². The van der Waals surface area contributed by atoms with Gasteiger partial charge in [-0.2, -0.15) is 0 Å². The molecule has 0 saturated carbocycles. The summed E-state index contributed by atoms with van der Waals surface area (Å²) in [7, 11) is 1.60. The van der Waals surface area contributed by atoms with Gasteiger partial charge in [0.25, 0.3) is 0 Å². The van der Waals surface area contributed by atoms with Crippen LogP contribution in [0.25, 0.3) is 0 Å². The predicted octanol–water partition coefficient (Wildman–Crippen LogP) is 1.07. The number of hydrogen-bond donors (Lipinski definition) is 3. The molecule has 0 radical (unpaired) electrons. The van der Waals surface area contributed by atoms with Gasteiger partial charge in [0, 0.05) is 12.7 Å². The van der Waals surface area contributed by atoms with Crippen molar-refractivity contribution in [1.29, 1.82) is 0 Å². The molecular weight excluding hydrogens is 292 g/mol. The van der Waals surface area contributed by atoms with Gasteiger partial charge in [-0.3, -0.25) is 14.5 Å². The number of benzene rings is 1. The third-order valence-electron chi connectivity index (χ3n) is 3.52. The molecule has 1 aliphatic rings. The fourth-order valence-electron chi connectivity index (χ4n) is 2.49. The number of carbonyl (C=O) groups is 2. The molecule has 1 aromatic rings. The molecule has 1 atom stereocenters. The summed E-state index contributed by atoms with van der Waals surface area (Å²) < 4.78 is 0. The van der Waals surface area contributed by atoms with Crippen molar-refractivity contribution in [3.8, 4) is 0 Å². The molecule has 1 aliphatic heterocycles. The van der Waals surface area contributed by atoms with Gasteiger partial charge in [-0.15, -0.1) is 0 Å². The topological polar surface area (TPSA) is 87.5 Å². The molecule has 0 bridgehead atoms. The lowest BCUT2D eigenvalue weighted by molar-refractivity contribution is -0.126. The number of likely N-dealkylation sites (tertiary alicyclic amines) is 1. The van der Waals surface area contributed by atoms with Crippen molar-refractivity contribution >= 4 is 34.8 Å². The highest BCUT2D eigenvalue weighted by atomic mass is 35.5. The summed E-state index contributed by atoms with van der Waals surface area (Å²) in [4.78, 5) is 25.7. The fraction of sp³-hybridized carbons (Fsp3) is 0.429. The van der Waals surface area contributed by atoms with Crippen LogP contribution in [0, 0.1) is 0 Å². The van der Waals surface area contributed by atoms with Crippen molar-refractivity contribution in [3.05, 3.63) is 23.2 Å². The summed E-state index contributed by atoms with van der Waals surface area (Å²) in [5.41, 5.74) is 6.68. The molecule has 1 fully saturated rings. The van der Waals surface area contributed by atoms with E-state index in [1.165, 1.54) is 0 Å². The van der Waals surface area contributed by atoms with Gasteiger partial charge in [0.2, 0.25) is 11.8 Å². The van der Waals surface area contributed by atoms with Gasteiger partial charge in [0.1, 0.15) is 0 Å². The summed E-state index contributed by atoms with van der Waals surface area (Å²) in [6, 6.07) is 4.67. The average Bonchev–Trinajstić information content (AvgIpc) is 2.90. The van der Waals surface area contributed by atoms with Crippen LogP contribution in [0.2, 0.25) is 5.02 Å². The lowest BCUT2D eigenvalue weighted by atomic mass is 10.2. The Bertz CT molecular complexity index is 550. The van der Waals surface area contributed by atoms with Crippen molar-refractivity contribution in [2.24, 2.45) is 0 Å². The number of nitrogens with zero attached hydrogens (tertiary/aromatic N) is 1. The maximum Gasteiger partial charge on any atom is 0.238 e. The third-order valence-corrected chi connectivity index (χ3v) is 3.85. The van der Waals surface area contributed by atoms with E-state index < -0.39 is 0 Å². The highest BCUT2D eigenvalue weighted by Gasteiger charge is 2.31. The Morgan fingerprint density at radius 1 is 1.48 bits per heavy atom. The zero-order valence-electron chi connectivity index (χ0n) is 11.9. The Kier molecular flexibility index (Phi) is 5.03. The number of rotatable bonds is 4. The van der Waals surface area contributed by atoms with Crippen LogP contribution in [0.4, 0.5) is 11.4 Å². The molecule has 114 valence electrons. The highest BCUT2D eigenvalue weighted by Crippen LogP contribution is 2.24. The van der Waals surface area contributed by atoms with Gasteiger partial charge in [0.15, 0.2) is 0 Å². The van der Waals surface area contributed by atoms with E-state index in [9.17, 15) is 9.59 Å². The van der Waals surface area contributed by atoms with E-state index in [4.69, 9.17) is 17.3 Å². The highest BCUT2D eigenvalue weighted by molar-refractivity contribution is 6.33. The minimum Gasteiger partial charge on any atom is -0.399 e. The number of likely N-dealkylation sites (N-methyl/N-ethyl adjacent to an activating group) is 1. The Balaban J connectivity index is 1.98. The molecule has 4 N–H and O–H groups in total. The number of nitrogen functional groups attached to an aromatic ring is 1. The Hall–Kier alpha value is -1.79. The molecule has 1 unspecified atom stereocenters. The molecule has 0 aromatic heterocycles. The maximum absolute atomic E-state index is 12.1. The first-order chi connectivity index (χ1) is 10.0. The van der Waals surface area contributed by atoms with E-state index in [-0.39, 0.29) is 24.4 Å². The van der Waals surface area contributed by atoms with E-state index in [1.807, 2.05) is 4.90 Å². The van der Waals surface area contributed by atoms with Crippen molar-refractivity contribution in [3.63, 3.8) is 0 Å². The number of nitrogens with two attached hydrogens (primary N) is 1. The number of halogens is 1. The minimum absolute atomic E-state index is 0.0534. The number of carbonyl (C=O) groups excluding carboxylic acids is 2. The van der Waals surface area contributed by atoms with Crippen LogP contribution in [0.3, 0.4) is 0 Å². The molecule has 6 nitrogen and oxygen atoms in total. The van der Waals surface area contributed by atoms with Gasteiger partial charge in [-0.1, -0.05) is 11.6 Å². The first-order valence-corrected chi connectivity index (χ1v) is 7.19. The van der Waals surface area contributed by atoms with E-state index in [0.29, 0.717) is 16.4 Å². The van der Waals surface area contributed by atoms with E-state index in [1.54, 1.807) is 25.2 Å². The Labute approximate surface area is 128 Å². The lowest BCUT2D eigenvalue weighted by Crippen LogP contribution is -2.45. The standard InChI is InChI=1S/C14H19ClN4O2/c1-17-14(21)12-3-2-6-19(12)8-13(20)18-11-7-9(16)4-5-10(11)15/h4-5,7,12H,2-3,6,8,16H2,1H3,(H,17,21)(H,18,20). The third kappa shape index (κ3) is 3.86. The Morgan fingerprint density at radius 3 is 2.95 bits per heavy atom. The van der Waals surface area contributed by atoms with E-state index in [0.717, 1.165) is 19.4 Å². The van der Waals surface area contributed by atoms with Crippen LogP contribution < -0.4 is 16.4 Å². The lowest BCUT2D eigenvalue weighted by Gasteiger charge is -2.22. The largest absolute Gasteiger partial charge is 0.399 e. The van der Waals surface area contributed by atoms with Gasteiger partial charge in [0.05, 0.1) is 23.3 Å². The zero-order valence-corrected chi connectivity index (χ0v) is 12.6. The predicted molar refractivity (Wildman–Crippen MR) is 83.2 cm³/mol. The van der Waals surface area contributed by atoms with Crippen molar-refractivity contribution in [1.82, 2.24) is 10.2 Å². The molecule has 0 aliphatic carbocycles. The molecule has 7 heteroatoms. The SMILES string of the molecule is CNC(=O)C1CCCN1CC(=O)Nc1cc(N)ccc1Cl. The van der Waals surface area contributed by atoms with Crippen molar-refractivity contribution in [2.45, 2.75) is 18.9 Å². The molecule has 2 rings (SSSR count). The van der Waals surface area contributed by atoms with Crippen LogP contribution >= 0.6 is 11.6 Å². The van der Waals surface area contributed by atoms with Crippen LogP contribution in [0.5, 0.6) is 0 Å². The van der Waals surface area contributed by atoms with Crippen LogP contribution in [-0.4, -0.2) is 42.9 Å². The second-order valence-corrected chi connectivity index (χ2v) is 5.44. The number of hydrogen-bond acceptors (Lipinski definition) is 4. The number of amides is 2. The van der Waals surface area contributed by atoms with Crippen LogP contribution in [-0.2, 0) is 9.59 Å². The first kappa shape index (κ1) is 15.6. The second kappa shape index (κ2) is 6.78. The van der Waals surface area contributed by atoms with Gasteiger partial charge < -0.3 is 16.4 Å². The van der Waals surface area contributed by atoms with Gasteiger partial charge in [-0.05, 0) is 37.6 Å². The molecule has 21 heavy (non-hydrogen) atoms. The Morgan fingerprint density at radius 2 is 2.24 bits per heavy atom. The fourth-order valence-corrected chi connectivity index (χ4v) is 2.66. The summed E-state index contributed by atoms with van der Waals surface area (Å²) in [5, 5.41) is 5.79. The van der Waals surface area contributed by atoms with Gasteiger partial charge in [-0.25, -0.2) is 0 Å². The molecule has 1 saturated heterocycles. The van der Waals surface area contributed by atoms with Gasteiger partial charge >= 0.3 is 0 Å². The second-order valence-electron chi connectivity index (χ2n) is 5.03. The summed E-state index contributed by atoms with van der Waals surface area (Å²) in [5.74, 6) is -0.263. The van der Waals surface area contributed by atoms with Crippen LogP contribution in [0.1, 0.15) is 12.8 Å². The monoisotopic (exact) mass is 310 g/mol. The summed E-state index contributed by atoms with van der Waals surface area (Å²) in [6.07, 6.45) is 1.68. The quantitative estimate of drug-likeness (QED) is 0.726. The summed E-state index contributed by atoms with van der Waals surface area (Å²) in [6.45, 7) is 0.888. The first-order valence-electron chi connectivity index (χ1n) is 6.82. The number of anilines is 2. The molecular formula is C14H19ClN4O2. The normalized spacial score (nSPS) is 18.5. The molecule has 2 amide bonds. The maximum atomic E-state index is 12.1.